The van der Waals surface area contributed by atoms with E-state index in [4.69, 9.17) is 10.5 Å². The van der Waals surface area contributed by atoms with Crippen LogP contribution < -0.4 is 5.73 Å². The molecular weight excluding hydrogens is 259 g/mol. The number of esters is 1. The molecule has 6 heteroatoms. The smallest absolute Gasteiger partial charge is 0.404 e. The molecule has 0 unspecified atom stereocenters. The monoisotopic (exact) mass is 275 g/mol. The zero-order valence-electron chi connectivity index (χ0n) is 10.7. The number of carbonyl (C=O) groups is 1. The molecule has 0 aliphatic heterocycles. The Bertz CT molecular complexity index is 429. The van der Waals surface area contributed by atoms with Crippen molar-refractivity contribution in [3.63, 3.8) is 0 Å². The first kappa shape index (κ1) is 15.5. The van der Waals surface area contributed by atoms with Crippen molar-refractivity contribution in [3.8, 4) is 0 Å². The van der Waals surface area contributed by atoms with Crippen molar-refractivity contribution in [1.82, 2.24) is 0 Å². The van der Waals surface area contributed by atoms with E-state index in [-0.39, 0.29) is 6.61 Å². The normalized spacial score (nSPS) is 14.0. The van der Waals surface area contributed by atoms with E-state index >= 15 is 0 Å². The number of halogens is 3. The third-order valence-electron chi connectivity index (χ3n) is 2.87. The van der Waals surface area contributed by atoms with Crippen LogP contribution in [0.25, 0.3) is 0 Å². The molecule has 0 spiro atoms. The molecule has 0 bridgehead atoms. The van der Waals surface area contributed by atoms with Gasteiger partial charge in [-0.15, -0.1) is 0 Å². The summed E-state index contributed by atoms with van der Waals surface area (Å²) in [5.74, 6) is -0.971. The minimum Gasteiger partial charge on any atom is -0.460 e. The van der Waals surface area contributed by atoms with Crippen molar-refractivity contribution in [2.75, 3.05) is 0 Å². The van der Waals surface area contributed by atoms with E-state index in [9.17, 15) is 18.0 Å². The predicted octanol–water partition coefficient (Wildman–Crippen LogP) is 2.65. The number of ether oxygens (including phenoxy) is 1. The van der Waals surface area contributed by atoms with Crippen LogP contribution in [0, 0.1) is 5.41 Å². The van der Waals surface area contributed by atoms with Gasteiger partial charge in [0.15, 0.2) is 0 Å². The summed E-state index contributed by atoms with van der Waals surface area (Å²) in [6.45, 7) is 2.17. The lowest BCUT2D eigenvalue weighted by Crippen LogP contribution is -2.53. The Morgan fingerprint density at radius 2 is 1.79 bits per heavy atom. The molecule has 0 fully saturated rings. The molecule has 1 atom stereocenters. The SMILES string of the molecule is CC(C)(C(=O)OCc1ccccc1)[C@@H](N)C(F)(F)F. The number of benzene rings is 1. The van der Waals surface area contributed by atoms with Crippen LogP contribution in [0.3, 0.4) is 0 Å². The molecule has 106 valence electrons. The third kappa shape index (κ3) is 3.96. The minimum absolute atomic E-state index is 0.0757. The highest BCUT2D eigenvalue weighted by Gasteiger charge is 2.51. The Morgan fingerprint density at radius 1 is 1.26 bits per heavy atom. The molecule has 0 aliphatic carbocycles. The maximum absolute atomic E-state index is 12.5. The number of hydrogen-bond donors (Lipinski definition) is 1. The summed E-state index contributed by atoms with van der Waals surface area (Å²) in [6.07, 6.45) is -4.64. The quantitative estimate of drug-likeness (QED) is 0.859. The van der Waals surface area contributed by atoms with Gasteiger partial charge in [0.2, 0.25) is 0 Å². The Balaban J connectivity index is 2.67. The van der Waals surface area contributed by atoms with E-state index in [0.717, 1.165) is 13.8 Å². The molecule has 3 nitrogen and oxygen atoms in total. The molecule has 1 aromatic carbocycles. The van der Waals surface area contributed by atoms with Gasteiger partial charge in [-0.05, 0) is 19.4 Å². The highest BCUT2D eigenvalue weighted by molar-refractivity contribution is 5.77. The molecule has 0 aliphatic rings. The summed E-state index contributed by atoms with van der Waals surface area (Å²) in [5.41, 5.74) is 3.95. The lowest BCUT2D eigenvalue weighted by molar-refractivity contribution is -0.189. The second kappa shape index (κ2) is 5.61. The third-order valence-corrected chi connectivity index (χ3v) is 2.87. The average Bonchev–Trinajstić information content (AvgIpc) is 2.35. The van der Waals surface area contributed by atoms with Crippen LogP contribution in [0.1, 0.15) is 19.4 Å². The minimum atomic E-state index is -4.64. The summed E-state index contributed by atoms with van der Waals surface area (Å²) in [6, 6.07) is 6.44. The number of hydrogen-bond acceptors (Lipinski definition) is 3. The zero-order valence-corrected chi connectivity index (χ0v) is 10.7. The summed E-state index contributed by atoms with van der Waals surface area (Å²) < 4.78 is 42.5. The van der Waals surface area contributed by atoms with E-state index in [1.807, 2.05) is 0 Å². The second-order valence-electron chi connectivity index (χ2n) is 4.80. The van der Waals surface area contributed by atoms with Crippen LogP contribution in [0.5, 0.6) is 0 Å². The molecule has 2 N–H and O–H groups in total. The van der Waals surface area contributed by atoms with E-state index in [2.05, 4.69) is 0 Å². The van der Waals surface area contributed by atoms with Crippen LogP contribution >= 0.6 is 0 Å². The van der Waals surface area contributed by atoms with Gasteiger partial charge in [-0.2, -0.15) is 13.2 Å². The molecule has 0 saturated carbocycles. The number of alkyl halides is 3. The topological polar surface area (TPSA) is 52.3 Å². The molecular formula is C13H16F3NO2. The van der Waals surface area contributed by atoms with Crippen LogP contribution in [-0.4, -0.2) is 18.2 Å². The molecule has 0 radical (unpaired) electrons. The van der Waals surface area contributed by atoms with Gasteiger partial charge in [-0.25, -0.2) is 0 Å². The average molecular weight is 275 g/mol. The maximum Gasteiger partial charge on any atom is 0.404 e. The van der Waals surface area contributed by atoms with Crippen LogP contribution in [0.4, 0.5) is 13.2 Å². The van der Waals surface area contributed by atoms with Crippen LogP contribution in [0.2, 0.25) is 0 Å². The fraction of sp³-hybridized carbons (Fsp3) is 0.462. The van der Waals surface area contributed by atoms with Crippen LogP contribution in [0.15, 0.2) is 30.3 Å². The van der Waals surface area contributed by atoms with Gasteiger partial charge in [-0.1, -0.05) is 30.3 Å². The second-order valence-corrected chi connectivity index (χ2v) is 4.80. The van der Waals surface area contributed by atoms with Crippen LogP contribution in [-0.2, 0) is 16.1 Å². The van der Waals surface area contributed by atoms with Gasteiger partial charge in [0, 0.05) is 0 Å². The van der Waals surface area contributed by atoms with Gasteiger partial charge in [-0.3, -0.25) is 4.79 Å². The highest BCUT2D eigenvalue weighted by atomic mass is 19.4. The van der Waals surface area contributed by atoms with Gasteiger partial charge in [0.25, 0.3) is 0 Å². The first-order valence-corrected chi connectivity index (χ1v) is 5.69. The molecule has 0 aromatic heterocycles. The Morgan fingerprint density at radius 3 is 2.26 bits per heavy atom. The van der Waals surface area contributed by atoms with E-state index in [1.165, 1.54) is 0 Å². The Hall–Kier alpha value is -1.56. The zero-order chi connectivity index (χ0) is 14.7. The number of nitrogens with two attached hydrogens (primary N) is 1. The van der Waals surface area contributed by atoms with E-state index in [0.29, 0.717) is 5.56 Å². The summed E-state index contributed by atoms with van der Waals surface area (Å²) in [7, 11) is 0. The van der Waals surface area contributed by atoms with Crippen molar-refractivity contribution in [2.45, 2.75) is 32.7 Å². The largest absolute Gasteiger partial charge is 0.460 e. The maximum atomic E-state index is 12.5. The van der Waals surface area contributed by atoms with Crippen molar-refractivity contribution in [1.29, 1.82) is 0 Å². The molecule has 1 aromatic rings. The lowest BCUT2D eigenvalue weighted by atomic mass is 9.84. The number of rotatable bonds is 4. The van der Waals surface area contributed by atoms with Crippen molar-refractivity contribution >= 4 is 5.97 Å². The molecule has 0 saturated heterocycles. The van der Waals surface area contributed by atoms with Crippen molar-refractivity contribution in [3.05, 3.63) is 35.9 Å². The van der Waals surface area contributed by atoms with E-state index in [1.54, 1.807) is 30.3 Å². The first-order valence-electron chi connectivity index (χ1n) is 5.69. The molecule has 19 heavy (non-hydrogen) atoms. The fourth-order valence-corrected chi connectivity index (χ4v) is 1.45. The van der Waals surface area contributed by atoms with Gasteiger partial charge in [0.05, 0.1) is 5.41 Å². The van der Waals surface area contributed by atoms with Gasteiger partial charge >= 0.3 is 12.1 Å². The van der Waals surface area contributed by atoms with Gasteiger partial charge in [0.1, 0.15) is 12.6 Å². The Kier molecular flexibility index (Phi) is 4.57. The standard InChI is InChI=1S/C13H16F3NO2/c1-12(2,10(17)13(14,15)16)11(18)19-8-9-6-4-3-5-7-9/h3-7,10H,8,17H2,1-2H3/t10-/m1/s1. The predicted molar refractivity (Wildman–Crippen MR) is 64.0 cm³/mol. The van der Waals surface area contributed by atoms with Crippen molar-refractivity contribution < 1.29 is 22.7 Å². The first-order chi connectivity index (χ1) is 8.65. The number of carbonyl (C=O) groups excluding carboxylic acids is 1. The summed E-state index contributed by atoms with van der Waals surface area (Å²) >= 11 is 0. The molecule has 1 rings (SSSR count). The molecule has 0 amide bonds. The summed E-state index contributed by atoms with van der Waals surface area (Å²) in [5, 5.41) is 0. The fourth-order valence-electron chi connectivity index (χ4n) is 1.45. The molecule has 0 heterocycles. The van der Waals surface area contributed by atoms with Gasteiger partial charge < -0.3 is 10.5 Å². The Labute approximate surface area is 109 Å². The van der Waals surface area contributed by atoms with E-state index < -0.39 is 23.6 Å². The van der Waals surface area contributed by atoms with Crippen molar-refractivity contribution in [2.24, 2.45) is 11.1 Å². The summed E-state index contributed by atoms with van der Waals surface area (Å²) in [4.78, 5) is 11.7. The highest BCUT2D eigenvalue weighted by Crippen LogP contribution is 2.33. The lowest BCUT2D eigenvalue weighted by Gasteiger charge is -2.30.